The predicted octanol–water partition coefficient (Wildman–Crippen LogP) is 3.81. The second kappa shape index (κ2) is 8.12. The lowest BCUT2D eigenvalue weighted by Gasteiger charge is -2.24. The van der Waals surface area contributed by atoms with E-state index in [1.54, 1.807) is 42.2 Å². The molecule has 3 rings (SSSR count). The highest BCUT2D eigenvalue weighted by Gasteiger charge is 2.39. The molecule has 1 N–H and O–H groups in total. The molecule has 1 aliphatic heterocycles. The molecule has 1 heterocycles. The van der Waals surface area contributed by atoms with Crippen LogP contribution < -0.4 is 9.47 Å². The van der Waals surface area contributed by atoms with Gasteiger partial charge in [0.25, 0.3) is 5.91 Å². The van der Waals surface area contributed by atoms with Gasteiger partial charge in [-0.2, -0.15) is 0 Å². The third-order valence-corrected chi connectivity index (χ3v) is 4.82. The van der Waals surface area contributed by atoms with Gasteiger partial charge in [0.1, 0.15) is 5.75 Å². The van der Waals surface area contributed by atoms with Gasteiger partial charge in [0.2, 0.25) is 0 Å². The third-order valence-electron chi connectivity index (χ3n) is 4.82. The topological polar surface area (TPSA) is 76.1 Å². The monoisotopic (exact) mass is 369 g/mol. The van der Waals surface area contributed by atoms with E-state index >= 15 is 0 Å². The molecule has 1 fully saturated rings. The van der Waals surface area contributed by atoms with E-state index in [2.05, 4.69) is 0 Å². The van der Waals surface area contributed by atoms with Crippen molar-refractivity contribution in [2.45, 2.75) is 26.3 Å². The van der Waals surface area contributed by atoms with Crippen LogP contribution in [0.25, 0.3) is 0 Å². The molecular formula is C21H23NO5. The zero-order valence-electron chi connectivity index (χ0n) is 15.4. The van der Waals surface area contributed by atoms with Crippen LogP contribution >= 0.6 is 0 Å². The SMILES string of the molecule is CCOc1ccccc1Oc1ccccc1C(=O)N1CCC(C(=O)O)C1C. The minimum absolute atomic E-state index is 0.226. The predicted molar refractivity (Wildman–Crippen MR) is 100 cm³/mol. The summed E-state index contributed by atoms with van der Waals surface area (Å²) in [6.07, 6.45) is 0.457. The highest BCUT2D eigenvalue weighted by molar-refractivity contribution is 5.97. The fourth-order valence-electron chi connectivity index (χ4n) is 3.37. The first-order valence-electron chi connectivity index (χ1n) is 9.05. The summed E-state index contributed by atoms with van der Waals surface area (Å²) in [6.45, 7) is 4.59. The average Bonchev–Trinajstić information content (AvgIpc) is 3.05. The van der Waals surface area contributed by atoms with Gasteiger partial charge in [-0.25, -0.2) is 0 Å². The number of carboxylic acids is 1. The first-order valence-corrected chi connectivity index (χ1v) is 9.05. The van der Waals surface area contributed by atoms with Crippen LogP contribution in [0.15, 0.2) is 48.5 Å². The van der Waals surface area contributed by atoms with Crippen molar-refractivity contribution in [3.8, 4) is 17.2 Å². The molecule has 0 bridgehead atoms. The molecule has 2 unspecified atom stereocenters. The van der Waals surface area contributed by atoms with Gasteiger partial charge < -0.3 is 19.5 Å². The Hall–Kier alpha value is -3.02. The maximum atomic E-state index is 13.1. The summed E-state index contributed by atoms with van der Waals surface area (Å²) in [6, 6.07) is 13.9. The molecule has 2 aromatic rings. The lowest BCUT2D eigenvalue weighted by atomic mass is 10.0. The van der Waals surface area contributed by atoms with Crippen LogP contribution in [-0.4, -0.2) is 41.1 Å². The number of hydrogen-bond donors (Lipinski definition) is 1. The zero-order chi connectivity index (χ0) is 19.4. The summed E-state index contributed by atoms with van der Waals surface area (Å²) in [5.74, 6) is -0.0923. The number of amides is 1. The van der Waals surface area contributed by atoms with E-state index in [0.717, 1.165) is 0 Å². The first-order chi connectivity index (χ1) is 13.0. The summed E-state index contributed by atoms with van der Waals surface area (Å²) in [5.41, 5.74) is 0.404. The van der Waals surface area contributed by atoms with Gasteiger partial charge in [-0.1, -0.05) is 24.3 Å². The molecule has 1 aliphatic rings. The van der Waals surface area contributed by atoms with Gasteiger partial charge >= 0.3 is 5.97 Å². The zero-order valence-corrected chi connectivity index (χ0v) is 15.4. The third kappa shape index (κ3) is 3.89. The second-order valence-electron chi connectivity index (χ2n) is 6.45. The van der Waals surface area contributed by atoms with Gasteiger partial charge in [0, 0.05) is 12.6 Å². The minimum atomic E-state index is -0.868. The van der Waals surface area contributed by atoms with Crippen molar-refractivity contribution in [1.29, 1.82) is 0 Å². The number of carboxylic acid groups (broad SMARTS) is 1. The Morgan fingerprint density at radius 2 is 1.70 bits per heavy atom. The molecule has 6 heteroatoms. The van der Waals surface area contributed by atoms with Crippen LogP contribution in [0.1, 0.15) is 30.6 Å². The van der Waals surface area contributed by atoms with Gasteiger partial charge in [0.15, 0.2) is 11.5 Å². The summed E-state index contributed by atoms with van der Waals surface area (Å²) < 4.78 is 11.6. The van der Waals surface area contributed by atoms with Crippen molar-refractivity contribution in [2.75, 3.05) is 13.2 Å². The molecule has 1 saturated heterocycles. The number of benzene rings is 2. The van der Waals surface area contributed by atoms with Gasteiger partial charge in [0.05, 0.1) is 18.1 Å². The molecule has 0 aliphatic carbocycles. The van der Waals surface area contributed by atoms with Gasteiger partial charge in [-0.15, -0.1) is 0 Å². The highest BCUT2D eigenvalue weighted by atomic mass is 16.5. The number of nitrogens with zero attached hydrogens (tertiary/aromatic N) is 1. The van der Waals surface area contributed by atoms with E-state index < -0.39 is 11.9 Å². The van der Waals surface area contributed by atoms with Gasteiger partial charge in [-0.05, 0) is 44.5 Å². The van der Waals surface area contributed by atoms with Crippen LogP contribution in [0, 0.1) is 5.92 Å². The summed E-state index contributed by atoms with van der Waals surface area (Å²) >= 11 is 0. The van der Waals surface area contributed by atoms with E-state index in [0.29, 0.717) is 42.4 Å². The largest absolute Gasteiger partial charge is 0.490 e. The lowest BCUT2D eigenvalue weighted by Crippen LogP contribution is -2.37. The van der Waals surface area contributed by atoms with E-state index in [1.807, 2.05) is 25.1 Å². The Morgan fingerprint density at radius 3 is 2.33 bits per heavy atom. The van der Waals surface area contributed by atoms with E-state index in [4.69, 9.17) is 9.47 Å². The van der Waals surface area contributed by atoms with Crippen molar-refractivity contribution in [2.24, 2.45) is 5.92 Å². The maximum Gasteiger partial charge on any atom is 0.308 e. The van der Waals surface area contributed by atoms with E-state index in [1.165, 1.54) is 0 Å². The van der Waals surface area contributed by atoms with Crippen molar-refractivity contribution in [3.63, 3.8) is 0 Å². The van der Waals surface area contributed by atoms with Crippen molar-refractivity contribution in [1.82, 2.24) is 4.90 Å². The van der Waals surface area contributed by atoms with Crippen LogP contribution in [0.5, 0.6) is 17.2 Å². The number of carbonyl (C=O) groups excluding carboxylic acids is 1. The quantitative estimate of drug-likeness (QED) is 0.838. The Labute approximate surface area is 158 Å². The summed E-state index contributed by atoms with van der Waals surface area (Å²) in [4.78, 5) is 26.0. The maximum absolute atomic E-state index is 13.1. The Kier molecular flexibility index (Phi) is 5.64. The smallest absolute Gasteiger partial charge is 0.308 e. The number of likely N-dealkylation sites (tertiary alicyclic amines) is 1. The second-order valence-corrected chi connectivity index (χ2v) is 6.45. The van der Waals surface area contributed by atoms with Crippen LogP contribution in [0.4, 0.5) is 0 Å². The number of aliphatic carboxylic acids is 1. The van der Waals surface area contributed by atoms with Crippen LogP contribution in [-0.2, 0) is 4.79 Å². The van der Waals surface area contributed by atoms with E-state index in [-0.39, 0.29) is 11.9 Å². The Balaban J connectivity index is 1.87. The van der Waals surface area contributed by atoms with Crippen molar-refractivity contribution < 1.29 is 24.2 Å². The molecule has 0 radical (unpaired) electrons. The fraction of sp³-hybridized carbons (Fsp3) is 0.333. The number of ether oxygens (including phenoxy) is 2. The summed E-state index contributed by atoms with van der Waals surface area (Å²) in [5, 5.41) is 9.31. The number of hydrogen-bond acceptors (Lipinski definition) is 4. The van der Waals surface area contributed by atoms with Gasteiger partial charge in [-0.3, -0.25) is 9.59 Å². The molecular weight excluding hydrogens is 346 g/mol. The standard InChI is InChI=1S/C21H23NO5/c1-3-26-18-10-6-7-11-19(18)27-17-9-5-4-8-16(17)20(23)22-13-12-15(14(22)2)21(24)25/h4-11,14-15H,3,12-13H2,1-2H3,(H,24,25). The molecule has 1 amide bonds. The summed E-state index contributed by atoms with van der Waals surface area (Å²) in [7, 11) is 0. The van der Waals surface area contributed by atoms with E-state index in [9.17, 15) is 14.7 Å². The normalized spacial score (nSPS) is 19.0. The molecule has 142 valence electrons. The lowest BCUT2D eigenvalue weighted by molar-refractivity contribution is -0.142. The fourth-order valence-corrected chi connectivity index (χ4v) is 3.37. The first kappa shape index (κ1) is 18.8. The molecule has 2 atom stereocenters. The number of carbonyl (C=O) groups is 2. The molecule has 0 saturated carbocycles. The van der Waals surface area contributed by atoms with Crippen molar-refractivity contribution in [3.05, 3.63) is 54.1 Å². The van der Waals surface area contributed by atoms with Crippen molar-refractivity contribution >= 4 is 11.9 Å². The molecule has 0 aromatic heterocycles. The van der Waals surface area contributed by atoms with Crippen LogP contribution in [0.3, 0.4) is 0 Å². The number of para-hydroxylation sites is 3. The molecule has 2 aromatic carbocycles. The molecule has 27 heavy (non-hydrogen) atoms. The Morgan fingerprint density at radius 1 is 1.07 bits per heavy atom. The molecule has 0 spiro atoms. The van der Waals surface area contributed by atoms with Crippen LogP contribution in [0.2, 0.25) is 0 Å². The highest BCUT2D eigenvalue weighted by Crippen LogP contribution is 2.34. The number of rotatable bonds is 6. The minimum Gasteiger partial charge on any atom is -0.490 e. The average molecular weight is 369 g/mol. The molecule has 6 nitrogen and oxygen atoms in total. The Bertz CT molecular complexity index is 835.